The molecule has 2 rings (SSSR count). The van der Waals surface area contributed by atoms with Crippen molar-refractivity contribution in [2.45, 2.75) is 69.4 Å². The first kappa shape index (κ1) is 15.3. The molecule has 0 spiro atoms. The molecule has 0 radical (unpaired) electrons. The maximum absolute atomic E-state index is 12.5. The molecule has 114 valence electrons. The van der Waals surface area contributed by atoms with Crippen LogP contribution in [0, 0.1) is 0 Å². The number of rotatable bonds is 5. The Bertz CT molecular complexity index is 358. The zero-order chi connectivity index (χ0) is 14.6. The molecule has 1 aliphatic carbocycles. The van der Waals surface area contributed by atoms with Crippen molar-refractivity contribution in [2.75, 3.05) is 13.6 Å². The number of carbonyl (C=O) groups is 2. The largest absolute Gasteiger partial charge is 0.481 e. The summed E-state index contributed by atoms with van der Waals surface area (Å²) in [4.78, 5) is 25.4. The Hall–Kier alpha value is -1.10. The van der Waals surface area contributed by atoms with Gasteiger partial charge in [0.15, 0.2) is 0 Å². The summed E-state index contributed by atoms with van der Waals surface area (Å²) in [6.07, 6.45) is 7.57. The van der Waals surface area contributed by atoms with E-state index in [1.807, 2.05) is 0 Å². The number of carbonyl (C=O) groups excluding carboxylic acids is 1. The fourth-order valence-corrected chi connectivity index (χ4v) is 3.67. The molecule has 0 aromatic heterocycles. The normalized spacial score (nSPS) is 25.4. The highest BCUT2D eigenvalue weighted by molar-refractivity contribution is 5.79. The molecule has 1 amide bonds. The van der Waals surface area contributed by atoms with Crippen LogP contribution >= 0.6 is 0 Å². The van der Waals surface area contributed by atoms with Crippen LogP contribution in [0.5, 0.6) is 0 Å². The molecule has 2 N–H and O–H groups in total. The van der Waals surface area contributed by atoms with Crippen molar-refractivity contribution in [3.63, 3.8) is 0 Å². The van der Waals surface area contributed by atoms with Crippen molar-refractivity contribution in [1.82, 2.24) is 10.2 Å². The van der Waals surface area contributed by atoms with E-state index in [9.17, 15) is 14.7 Å². The van der Waals surface area contributed by atoms with Gasteiger partial charge in [0.25, 0.3) is 0 Å². The summed E-state index contributed by atoms with van der Waals surface area (Å²) in [6, 6.07) is 0.274. The zero-order valence-electron chi connectivity index (χ0n) is 12.4. The number of amides is 1. The Labute approximate surface area is 120 Å². The van der Waals surface area contributed by atoms with E-state index in [0.717, 1.165) is 51.5 Å². The second kappa shape index (κ2) is 6.57. The minimum absolute atomic E-state index is 0.0767. The first-order chi connectivity index (χ1) is 9.53. The molecule has 1 saturated heterocycles. The van der Waals surface area contributed by atoms with Gasteiger partial charge >= 0.3 is 5.97 Å². The number of nitrogens with zero attached hydrogens (tertiary/aromatic N) is 1. The lowest BCUT2D eigenvalue weighted by atomic mass is 9.78. The SMILES string of the molecule is CN(C(=O)CC1CCCN1)C1(CC(=O)O)CCCCC1. The molecule has 2 fully saturated rings. The standard InChI is InChI=1S/C15H26N2O3/c1-17(13(18)10-12-6-5-9-16-12)15(11-14(19)20)7-3-2-4-8-15/h12,16H,2-11H2,1H3,(H,19,20). The first-order valence-electron chi connectivity index (χ1n) is 7.75. The van der Waals surface area contributed by atoms with E-state index in [1.165, 1.54) is 0 Å². The van der Waals surface area contributed by atoms with Crippen LogP contribution in [0.2, 0.25) is 0 Å². The number of carboxylic acid groups (broad SMARTS) is 1. The number of nitrogens with one attached hydrogen (secondary N) is 1. The Morgan fingerprint density at radius 2 is 1.95 bits per heavy atom. The molecule has 0 bridgehead atoms. The summed E-state index contributed by atoms with van der Waals surface area (Å²) < 4.78 is 0. The monoisotopic (exact) mass is 282 g/mol. The van der Waals surface area contributed by atoms with Crippen molar-refractivity contribution in [1.29, 1.82) is 0 Å². The molecule has 5 nitrogen and oxygen atoms in total. The summed E-state index contributed by atoms with van der Waals surface area (Å²) in [5.74, 6) is -0.710. The Morgan fingerprint density at radius 3 is 2.50 bits per heavy atom. The molecule has 1 heterocycles. The highest BCUT2D eigenvalue weighted by Crippen LogP contribution is 2.36. The third-order valence-corrected chi connectivity index (χ3v) is 4.93. The predicted molar refractivity (Wildman–Crippen MR) is 76.5 cm³/mol. The van der Waals surface area contributed by atoms with Gasteiger partial charge in [-0.25, -0.2) is 0 Å². The van der Waals surface area contributed by atoms with Gasteiger partial charge in [0, 0.05) is 19.5 Å². The third-order valence-electron chi connectivity index (χ3n) is 4.93. The number of carboxylic acids is 1. The fraction of sp³-hybridized carbons (Fsp3) is 0.867. The van der Waals surface area contributed by atoms with Crippen LogP contribution in [0.25, 0.3) is 0 Å². The van der Waals surface area contributed by atoms with Crippen molar-refractivity contribution in [2.24, 2.45) is 0 Å². The van der Waals surface area contributed by atoms with Crippen LogP contribution in [0.3, 0.4) is 0 Å². The van der Waals surface area contributed by atoms with Crippen molar-refractivity contribution >= 4 is 11.9 Å². The predicted octanol–water partition coefficient (Wildman–Crippen LogP) is 1.76. The van der Waals surface area contributed by atoms with Crippen molar-refractivity contribution in [3.8, 4) is 0 Å². The Kier molecular flexibility index (Phi) is 5.02. The second-order valence-electron chi connectivity index (χ2n) is 6.31. The van der Waals surface area contributed by atoms with Gasteiger partial charge in [-0.2, -0.15) is 0 Å². The highest BCUT2D eigenvalue weighted by Gasteiger charge is 2.40. The van der Waals surface area contributed by atoms with Crippen LogP contribution in [0.4, 0.5) is 0 Å². The molecule has 1 aliphatic heterocycles. The van der Waals surface area contributed by atoms with Crippen molar-refractivity contribution in [3.05, 3.63) is 0 Å². The first-order valence-corrected chi connectivity index (χ1v) is 7.75. The smallest absolute Gasteiger partial charge is 0.305 e. The quantitative estimate of drug-likeness (QED) is 0.806. The van der Waals surface area contributed by atoms with Gasteiger partial charge in [-0.15, -0.1) is 0 Å². The van der Waals surface area contributed by atoms with Gasteiger partial charge in [-0.05, 0) is 32.2 Å². The molecule has 2 aliphatic rings. The van der Waals surface area contributed by atoms with Gasteiger partial charge < -0.3 is 15.3 Å². The summed E-state index contributed by atoms with van der Waals surface area (Å²) in [5, 5.41) is 12.5. The Balaban J connectivity index is 2.02. The summed E-state index contributed by atoms with van der Waals surface area (Å²) >= 11 is 0. The van der Waals surface area contributed by atoms with Crippen LogP contribution in [0.15, 0.2) is 0 Å². The van der Waals surface area contributed by atoms with Crippen LogP contribution < -0.4 is 5.32 Å². The van der Waals surface area contributed by atoms with E-state index in [2.05, 4.69) is 5.32 Å². The third kappa shape index (κ3) is 3.51. The number of hydrogen-bond acceptors (Lipinski definition) is 3. The molecule has 0 aromatic carbocycles. The molecule has 5 heteroatoms. The van der Waals surface area contributed by atoms with Gasteiger partial charge in [0.1, 0.15) is 0 Å². The lowest BCUT2D eigenvalue weighted by molar-refractivity contribution is -0.146. The van der Waals surface area contributed by atoms with E-state index >= 15 is 0 Å². The molecular formula is C15H26N2O3. The lowest BCUT2D eigenvalue weighted by Crippen LogP contribution is -2.52. The zero-order valence-corrected chi connectivity index (χ0v) is 12.4. The highest BCUT2D eigenvalue weighted by atomic mass is 16.4. The van der Waals surface area contributed by atoms with Crippen LogP contribution in [0.1, 0.15) is 57.8 Å². The molecule has 0 aromatic rings. The average Bonchev–Trinajstić information content (AvgIpc) is 2.91. The van der Waals surface area contributed by atoms with E-state index in [-0.39, 0.29) is 18.4 Å². The van der Waals surface area contributed by atoms with Gasteiger partial charge in [0.05, 0.1) is 12.0 Å². The lowest BCUT2D eigenvalue weighted by Gasteiger charge is -2.44. The maximum atomic E-state index is 12.5. The van der Waals surface area contributed by atoms with Crippen LogP contribution in [-0.2, 0) is 9.59 Å². The van der Waals surface area contributed by atoms with Gasteiger partial charge in [0.2, 0.25) is 5.91 Å². The number of aliphatic carboxylic acids is 1. The number of hydrogen-bond donors (Lipinski definition) is 2. The maximum Gasteiger partial charge on any atom is 0.305 e. The average molecular weight is 282 g/mol. The summed E-state index contributed by atoms with van der Waals surface area (Å²) in [5.41, 5.74) is -0.459. The molecule has 1 saturated carbocycles. The van der Waals surface area contributed by atoms with Crippen molar-refractivity contribution < 1.29 is 14.7 Å². The Morgan fingerprint density at radius 1 is 1.25 bits per heavy atom. The second-order valence-corrected chi connectivity index (χ2v) is 6.31. The van der Waals surface area contributed by atoms with E-state index in [4.69, 9.17) is 0 Å². The summed E-state index contributed by atoms with van der Waals surface area (Å²) in [6.45, 7) is 0.988. The van der Waals surface area contributed by atoms with Gasteiger partial charge in [-0.1, -0.05) is 19.3 Å². The minimum Gasteiger partial charge on any atom is -0.481 e. The molecule has 1 atom stereocenters. The van der Waals surface area contributed by atoms with E-state index in [1.54, 1.807) is 11.9 Å². The van der Waals surface area contributed by atoms with Gasteiger partial charge in [-0.3, -0.25) is 9.59 Å². The fourth-order valence-electron chi connectivity index (χ4n) is 3.67. The summed E-state index contributed by atoms with van der Waals surface area (Å²) in [7, 11) is 1.80. The molecule has 1 unspecified atom stereocenters. The molecular weight excluding hydrogens is 256 g/mol. The topological polar surface area (TPSA) is 69.6 Å². The van der Waals surface area contributed by atoms with E-state index in [0.29, 0.717) is 6.42 Å². The van der Waals surface area contributed by atoms with Crippen LogP contribution in [-0.4, -0.2) is 47.1 Å². The minimum atomic E-state index is -0.800. The molecule has 20 heavy (non-hydrogen) atoms. The van der Waals surface area contributed by atoms with E-state index < -0.39 is 11.5 Å².